The van der Waals surface area contributed by atoms with Crippen molar-refractivity contribution in [3.05, 3.63) is 65.6 Å². The van der Waals surface area contributed by atoms with Gasteiger partial charge in [0.05, 0.1) is 19.8 Å². The van der Waals surface area contributed by atoms with E-state index in [4.69, 9.17) is 9.47 Å². The number of benzene rings is 1. The van der Waals surface area contributed by atoms with E-state index in [1.54, 1.807) is 50.6 Å². The van der Waals surface area contributed by atoms with Gasteiger partial charge in [0.1, 0.15) is 6.21 Å². The molecule has 2 aliphatic rings. The highest BCUT2D eigenvalue weighted by molar-refractivity contribution is 6.57. The fourth-order valence-corrected chi connectivity index (χ4v) is 3.31. The van der Waals surface area contributed by atoms with E-state index < -0.39 is 6.97 Å². The fourth-order valence-electron chi connectivity index (χ4n) is 3.31. The van der Waals surface area contributed by atoms with Crippen molar-refractivity contribution in [1.29, 1.82) is 0 Å². The monoisotopic (exact) mass is 328 g/mol. The Balaban J connectivity index is 1.98. The molecule has 2 aromatic rings. The molecule has 0 saturated carbocycles. The zero-order chi connectivity index (χ0) is 16.9. The normalized spacial score (nSPS) is 17.4. The average molecular weight is 328 g/mol. The molecule has 0 bridgehead atoms. The fraction of sp³-hybridized carbons (Fsp3) is 0.118. The molecule has 0 atom stereocenters. The summed E-state index contributed by atoms with van der Waals surface area (Å²) >= 11 is 0. The van der Waals surface area contributed by atoms with Gasteiger partial charge < -0.3 is 27.1 Å². The lowest BCUT2D eigenvalue weighted by molar-refractivity contribution is -0.356. The SMILES string of the molecule is COc1ccc(C2=C3C=CC=[N+]3[B-](F)(F)n3cccc32)cc1OC. The van der Waals surface area contributed by atoms with Gasteiger partial charge in [-0.1, -0.05) is 6.07 Å². The van der Waals surface area contributed by atoms with Crippen LogP contribution in [0.5, 0.6) is 11.5 Å². The summed E-state index contributed by atoms with van der Waals surface area (Å²) in [5, 5.41) is 0. The predicted molar refractivity (Wildman–Crippen MR) is 88.8 cm³/mol. The second-order valence-corrected chi connectivity index (χ2v) is 5.63. The van der Waals surface area contributed by atoms with Crippen LogP contribution in [-0.2, 0) is 0 Å². The number of hydrogen-bond acceptors (Lipinski definition) is 2. The van der Waals surface area contributed by atoms with Gasteiger partial charge in [-0.15, -0.1) is 0 Å². The number of halogens is 2. The lowest BCUT2D eigenvalue weighted by Gasteiger charge is -2.31. The number of rotatable bonds is 3. The summed E-state index contributed by atoms with van der Waals surface area (Å²) in [6, 6.07) is 8.77. The summed E-state index contributed by atoms with van der Waals surface area (Å²) in [5.41, 5.74) is 2.49. The van der Waals surface area contributed by atoms with Crippen LogP contribution in [-0.4, -0.2) is 36.4 Å². The van der Waals surface area contributed by atoms with Crippen LogP contribution in [0.3, 0.4) is 0 Å². The lowest BCUT2D eigenvalue weighted by atomic mass is 9.86. The Bertz CT molecular complexity index is 928. The maximum atomic E-state index is 14.7. The molecule has 0 saturated heterocycles. The third kappa shape index (κ3) is 1.87. The molecule has 0 fully saturated rings. The summed E-state index contributed by atoms with van der Waals surface area (Å²) in [6.07, 6.45) is 6.18. The molecule has 3 heterocycles. The smallest absolute Gasteiger partial charge is 0.493 e. The van der Waals surface area contributed by atoms with Crippen molar-refractivity contribution in [2.75, 3.05) is 14.2 Å². The molecule has 0 N–H and O–H groups in total. The molecule has 24 heavy (non-hydrogen) atoms. The molecule has 4 nitrogen and oxygen atoms in total. The molecule has 1 aromatic carbocycles. The molecule has 0 unspecified atom stereocenters. The van der Waals surface area contributed by atoms with Crippen molar-refractivity contribution in [2.45, 2.75) is 0 Å². The van der Waals surface area contributed by atoms with Crippen LogP contribution < -0.4 is 9.47 Å². The standard InChI is InChI=1S/C17H15BF2N2O2/c1-23-15-8-7-12(11-16(15)24-2)17-13-5-3-9-21(13)18(19,20)22-10-4-6-14(17)22/h3-11H,1-2H3. The minimum Gasteiger partial charge on any atom is -0.493 e. The first-order chi connectivity index (χ1) is 11.6. The highest BCUT2D eigenvalue weighted by atomic mass is 19.2. The van der Waals surface area contributed by atoms with Crippen molar-refractivity contribution >= 4 is 18.8 Å². The van der Waals surface area contributed by atoms with Gasteiger partial charge in [0, 0.05) is 17.8 Å². The summed E-state index contributed by atoms with van der Waals surface area (Å²) in [6.45, 7) is -3.88. The number of methoxy groups -OCH3 is 2. The van der Waals surface area contributed by atoms with E-state index in [1.807, 2.05) is 6.07 Å². The van der Waals surface area contributed by atoms with Crippen molar-refractivity contribution in [3.63, 3.8) is 0 Å². The minimum absolute atomic E-state index is 0.485. The van der Waals surface area contributed by atoms with Crippen LogP contribution in [0, 0.1) is 0 Å². The largest absolute Gasteiger partial charge is 0.737 e. The quantitative estimate of drug-likeness (QED) is 0.809. The predicted octanol–water partition coefficient (Wildman–Crippen LogP) is 3.15. The molecule has 122 valence electrons. The maximum Gasteiger partial charge on any atom is 0.737 e. The van der Waals surface area contributed by atoms with Gasteiger partial charge in [-0.05, 0) is 36.0 Å². The first kappa shape index (κ1) is 14.7. The molecular weight excluding hydrogens is 313 g/mol. The summed E-state index contributed by atoms with van der Waals surface area (Å²) < 4.78 is 42.2. The molecule has 0 radical (unpaired) electrons. The van der Waals surface area contributed by atoms with Gasteiger partial charge in [0.25, 0.3) is 0 Å². The summed E-state index contributed by atoms with van der Waals surface area (Å²) in [7, 11) is 3.11. The number of allylic oxidation sites excluding steroid dienone is 2. The highest BCUT2D eigenvalue weighted by Crippen LogP contribution is 2.40. The van der Waals surface area contributed by atoms with Crippen molar-refractivity contribution < 1.29 is 22.6 Å². The molecule has 4 rings (SSSR count). The molecule has 0 spiro atoms. The Morgan fingerprint density at radius 2 is 1.88 bits per heavy atom. The van der Waals surface area contributed by atoms with Crippen LogP contribution in [0.2, 0.25) is 0 Å². The molecule has 7 heteroatoms. The van der Waals surface area contributed by atoms with Crippen LogP contribution >= 0.6 is 0 Å². The van der Waals surface area contributed by atoms with E-state index in [0.29, 0.717) is 22.9 Å². The molecule has 0 amide bonds. The van der Waals surface area contributed by atoms with E-state index in [9.17, 15) is 8.63 Å². The Morgan fingerprint density at radius 1 is 1.08 bits per heavy atom. The van der Waals surface area contributed by atoms with Crippen LogP contribution in [0.15, 0.2) is 54.4 Å². The Hall–Kier alpha value is -2.83. The number of fused-ring (bicyclic) bond motifs is 2. The Kier molecular flexibility index (Phi) is 3.13. The highest BCUT2D eigenvalue weighted by Gasteiger charge is 2.51. The molecule has 0 aliphatic carbocycles. The number of nitrogens with zero attached hydrogens (tertiary/aromatic N) is 2. The van der Waals surface area contributed by atoms with Gasteiger partial charge in [0.15, 0.2) is 17.2 Å². The number of ether oxygens (including phenoxy) is 2. The van der Waals surface area contributed by atoms with Gasteiger partial charge >= 0.3 is 6.97 Å². The summed E-state index contributed by atoms with van der Waals surface area (Å²) in [4.78, 5) is 0. The molecule has 2 aliphatic heterocycles. The minimum atomic E-state index is -3.88. The topological polar surface area (TPSA) is 26.4 Å². The van der Waals surface area contributed by atoms with Crippen LogP contribution in [0.25, 0.3) is 5.57 Å². The number of aromatic nitrogens is 1. The van der Waals surface area contributed by atoms with Gasteiger partial charge in [-0.2, -0.15) is 0 Å². The number of hydrogen-bond donors (Lipinski definition) is 0. The Labute approximate surface area is 138 Å². The van der Waals surface area contributed by atoms with Crippen LogP contribution in [0.4, 0.5) is 8.63 Å². The van der Waals surface area contributed by atoms with E-state index in [0.717, 1.165) is 20.1 Å². The van der Waals surface area contributed by atoms with E-state index in [1.165, 1.54) is 12.4 Å². The third-order valence-corrected chi connectivity index (χ3v) is 4.41. The van der Waals surface area contributed by atoms with E-state index in [-0.39, 0.29) is 0 Å². The van der Waals surface area contributed by atoms with Crippen molar-refractivity contribution in [3.8, 4) is 11.5 Å². The van der Waals surface area contributed by atoms with Crippen molar-refractivity contribution in [2.24, 2.45) is 0 Å². The van der Waals surface area contributed by atoms with E-state index >= 15 is 0 Å². The second-order valence-electron chi connectivity index (χ2n) is 5.63. The zero-order valence-corrected chi connectivity index (χ0v) is 13.2. The van der Waals surface area contributed by atoms with Crippen LogP contribution in [0.1, 0.15) is 11.3 Å². The molecule has 1 aromatic heterocycles. The van der Waals surface area contributed by atoms with Gasteiger partial charge in [-0.3, -0.25) is 0 Å². The molecular formula is C17H15BF2N2O2. The lowest BCUT2D eigenvalue weighted by Crippen LogP contribution is -2.49. The first-order valence-corrected chi connectivity index (χ1v) is 7.54. The second kappa shape index (κ2) is 5.09. The van der Waals surface area contributed by atoms with E-state index in [2.05, 4.69) is 0 Å². The first-order valence-electron chi connectivity index (χ1n) is 7.54. The zero-order valence-electron chi connectivity index (χ0n) is 13.2. The maximum absolute atomic E-state index is 14.7. The average Bonchev–Trinajstić information content (AvgIpc) is 3.25. The van der Waals surface area contributed by atoms with Crippen molar-refractivity contribution in [1.82, 2.24) is 4.48 Å². The summed E-state index contributed by atoms with van der Waals surface area (Å²) in [5.74, 6) is 1.15. The Morgan fingerprint density at radius 3 is 2.62 bits per heavy atom. The van der Waals surface area contributed by atoms with Gasteiger partial charge in [0.2, 0.25) is 0 Å². The third-order valence-electron chi connectivity index (χ3n) is 4.41. The van der Waals surface area contributed by atoms with Gasteiger partial charge in [-0.25, -0.2) is 0 Å².